The fourth-order valence-electron chi connectivity index (χ4n) is 1.87. The average Bonchev–Trinajstić information content (AvgIpc) is 2.47. The molecule has 3 N–H and O–H groups in total. The molecule has 1 amide bonds. The van der Waals surface area contributed by atoms with E-state index in [1.54, 1.807) is 0 Å². The van der Waals surface area contributed by atoms with E-state index >= 15 is 0 Å². The molecule has 0 aliphatic carbocycles. The maximum atomic E-state index is 13.6. The molecule has 0 radical (unpaired) electrons. The smallest absolute Gasteiger partial charge is 0.254 e. The number of nitrogens with one attached hydrogen (secondary N) is 1. The van der Waals surface area contributed by atoms with Gasteiger partial charge in [-0.15, -0.1) is 0 Å². The molecule has 0 fully saturated rings. The van der Waals surface area contributed by atoms with Crippen LogP contribution in [-0.4, -0.2) is 5.91 Å². The molecule has 0 unspecified atom stereocenters. The zero-order valence-corrected chi connectivity index (χ0v) is 11.5. The van der Waals surface area contributed by atoms with E-state index < -0.39 is 11.7 Å². The van der Waals surface area contributed by atoms with Crippen LogP contribution < -0.4 is 11.1 Å². The first kappa shape index (κ1) is 14.5. The second-order valence-corrected chi connectivity index (χ2v) is 4.72. The van der Waals surface area contributed by atoms with Crippen molar-refractivity contribution in [2.75, 3.05) is 0 Å². The van der Waals surface area contributed by atoms with Crippen molar-refractivity contribution in [3.05, 3.63) is 70.0 Å². The molecule has 2 aromatic rings. The summed E-state index contributed by atoms with van der Waals surface area (Å²) in [5.74, 6) is -1.10. The predicted octanol–water partition coefficient (Wildman–Crippen LogP) is 2.87. The molecule has 2 aromatic carbocycles. The van der Waals surface area contributed by atoms with Crippen molar-refractivity contribution in [2.24, 2.45) is 5.73 Å². The van der Waals surface area contributed by atoms with Gasteiger partial charge in [0, 0.05) is 18.1 Å². The first-order valence-corrected chi connectivity index (χ1v) is 6.49. The van der Waals surface area contributed by atoms with Crippen LogP contribution in [0.3, 0.4) is 0 Å². The van der Waals surface area contributed by atoms with Crippen LogP contribution >= 0.6 is 11.6 Å². The van der Waals surface area contributed by atoms with Crippen LogP contribution in [0.1, 0.15) is 21.5 Å². The first-order chi connectivity index (χ1) is 9.61. The van der Waals surface area contributed by atoms with Gasteiger partial charge in [-0.1, -0.05) is 35.9 Å². The summed E-state index contributed by atoms with van der Waals surface area (Å²) >= 11 is 5.76. The van der Waals surface area contributed by atoms with Gasteiger partial charge in [-0.25, -0.2) is 4.39 Å². The lowest BCUT2D eigenvalue weighted by Crippen LogP contribution is -2.24. The number of amides is 1. The zero-order chi connectivity index (χ0) is 14.5. The Labute approximate surface area is 121 Å². The van der Waals surface area contributed by atoms with Crippen LogP contribution in [0.25, 0.3) is 0 Å². The minimum absolute atomic E-state index is 0.0669. The molecule has 0 spiro atoms. The molecule has 0 saturated heterocycles. The van der Waals surface area contributed by atoms with Crippen LogP contribution in [-0.2, 0) is 13.1 Å². The lowest BCUT2D eigenvalue weighted by Gasteiger charge is -2.10. The Balaban J connectivity index is 2.11. The summed E-state index contributed by atoms with van der Waals surface area (Å²) in [6, 6.07) is 11.4. The van der Waals surface area contributed by atoms with Gasteiger partial charge in [-0.3, -0.25) is 4.79 Å². The molecule has 0 heterocycles. The lowest BCUT2D eigenvalue weighted by molar-refractivity contribution is 0.0947. The molecule has 20 heavy (non-hydrogen) atoms. The van der Waals surface area contributed by atoms with E-state index in [1.165, 1.54) is 18.2 Å². The molecule has 2 rings (SSSR count). The standard InChI is InChI=1S/C15H14ClFN2O/c16-12-5-6-14(17)13(7-12)15(20)19-9-11-4-2-1-3-10(11)8-18/h1-7H,8-9,18H2,(H,19,20). The van der Waals surface area contributed by atoms with Crippen molar-refractivity contribution in [1.29, 1.82) is 0 Å². The van der Waals surface area contributed by atoms with Crippen molar-refractivity contribution in [1.82, 2.24) is 5.32 Å². The first-order valence-electron chi connectivity index (χ1n) is 6.12. The minimum atomic E-state index is -0.598. The third-order valence-electron chi connectivity index (χ3n) is 2.95. The number of rotatable bonds is 4. The number of carbonyl (C=O) groups excluding carboxylic acids is 1. The average molecular weight is 293 g/mol. The number of benzene rings is 2. The van der Waals surface area contributed by atoms with E-state index in [0.29, 0.717) is 11.6 Å². The molecule has 0 aliphatic rings. The molecular weight excluding hydrogens is 279 g/mol. The number of hydrogen-bond acceptors (Lipinski definition) is 2. The van der Waals surface area contributed by atoms with Crippen LogP contribution in [0.15, 0.2) is 42.5 Å². The molecule has 104 valence electrons. The Bertz CT molecular complexity index is 631. The van der Waals surface area contributed by atoms with Gasteiger partial charge in [0.05, 0.1) is 5.56 Å². The molecular formula is C15H14ClFN2O. The Morgan fingerprint density at radius 3 is 2.60 bits per heavy atom. The highest BCUT2D eigenvalue weighted by molar-refractivity contribution is 6.30. The Hall–Kier alpha value is -1.91. The molecule has 0 saturated carbocycles. The van der Waals surface area contributed by atoms with Crippen molar-refractivity contribution in [3.63, 3.8) is 0 Å². The van der Waals surface area contributed by atoms with Crippen molar-refractivity contribution in [2.45, 2.75) is 13.1 Å². The predicted molar refractivity (Wildman–Crippen MR) is 76.9 cm³/mol. The van der Waals surface area contributed by atoms with Crippen LogP contribution in [0.2, 0.25) is 5.02 Å². The van der Waals surface area contributed by atoms with Crippen molar-refractivity contribution < 1.29 is 9.18 Å². The topological polar surface area (TPSA) is 55.1 Å². The van der Waals surface area contributed by atoms with Gasteiger partial charge in [0.25, 0.3) is 5.91 Å². The SMILES string of the molecule is NCc1ccccc1CNC(=O)c1cc(Cl)ccc1F. The summed E-state index contributed by atoms with van der Waals surface area (Å²) < 4.78 is 13.6. The maximum absolute atomic E-state index is 13.6. The third kappa shape index (κ3) is 3.35. The van der Waals surface area contributed by atoms with E-state index in [2.05, 4.69) is 5.32 Å². The van der Waals surface area contributed by atoms with Crippen LogP contribution in [0, 0.1) is 5.82 Å². The molecule has 0 aromatic heterocycles. The van der Waals surface area contributed by atoms with Crippen LogP contribution in [0.4, 0.5) is 4.39 Å². The van der Waals surface area contributed by atoms with E-state index in [9.17, 15) is 9.18 Å². The normalized spacial score (nSPS) is 10.3. The fraction of sp³-hybridized carbons (Fsp3) is 0.133. The van der Waals surface area contributed by atoms with Crippen molar-refractivity contribution >= 4 is 17.5 Å². The molecule has 0 atom stereocenters. The van der Waals surface area contributed by atoms with E-state index in [1.807, 2.05) is 24.3 Å². The summed E-state index contributed by atoms with van der Waals surface area (Å²) in [5.41, 5.74) is 7.41. The maximum Gasteiger partial charge on any atom is 0.254 e. The lowest BCUT2D eigenvalue weighted by atomic mass is 10.1. The van der Waals surface area contributed by atoms with Gasteiger partial charge in [-0.05, 0) is 29.3 Å². The van der Waals surface area contributed by atoms with E-state index in [-0.39, 0.29) is 12.1 Å². The summed E-state index contributed by atoms with van der Waals surface area (Å²) in [7, 11) is 0. The highest BCUT2D eigenvalue weighted by Gasteiger charge is 2.12. The largest absolute Gasteiger partial charge is 0.348 e. The fourth-order valence-corrected chi connectivity index (χ4v) is 2.04. The Morgan fingerprint density at radius 1 is 1.20 bits per heavy atom. The summed E-state index contributed by atoms with van der Waals surface area (Å²) in [5, 5.41) is 2.98. The van der Waals surface area contributed by atoms with Gasteiger partial charge >= 0.3 is 0 Å². The number of carbonyl (C=O) groups is 1. The second kappa shape index (κ2) is 6.50. The Morgan fingerprint density at radius 2 is 1.90 bits per heavy atom. The van der Waals surface area contributed by atoms with E-state index in [4.69, 9.17) is 17.3 Å². The summed E-state index contributed by atoms with van der Waals surface area (Å²) in [6.07, 6.45) is 0. The van der Waals surface area contributed by atoms with E-state index in [0.717, 1.165) is 11.1 Å². The monoisotopic (exact) mass is 292 g/mol. The quantitative estimate of drug-likeness (QED) is 0.910. The summed E-state index contributed by atoms with van der Waals surface area (Å²) in [4.78, 5) is 11.9. The number of hydrogen-bond donors (Lipinski definition) is 2. The molecule has 0 bridgehead atoms. The number of halogens is 2. The third-order valence-corrected chi connectivity index (χ3v) is 3.19. The highest BCUT2D eigenvalue weighted by Crippen LogP contribution is 2.15. The number of nitrogens with two attached hydrogens (primary N) is 1. The highest BCUT2D eigenvalue weighted by atomic mass is 35.5. The van der Waals surface area contributed by atoms with Crippen LogP contribution in [0.5, 0.6) is 0 Å². The van der Waals surface area contributed by atoms with Gasteiger partial charge in [-0.2, -0.15) is 0 Å². The van der Waals surface area contributed by atoms with Crippen molar-refractivity contribution in [3.8, 4) is 0 Å². The Kier molecular flexibility index (Phi) is 4.71. The van der Waals surface area contributed by atoms with Gasteiger partial charge in [0.15, 0.2) is 0 Å². The van der Waals surface area contributed by atoms with Gasteiger partial charge in [0.1, 0.15) is 5.82 Å². The minimum Gasteiger partial charge on any atom is -0.348 e. The zero-order valence-electron chi connectivity index (χ0n) is 10.7. The van der Waals surface area contributed by atoms with Gasteiger partial charge < -0.3 is 11.1 Å². The molecule has 3 nitrogen and oxygen atoms in total. The second-order valence-electron chi connectivity index (χ2n) is 4.28. The summed E-state index contributed by atoms with van der Waals surface area (Å²) in [6.45, 7) is 0.676. The molecule has 5 heteroatoms. The molecule has 0 aliphatic heterocycles. The van der Waals surface area contributed by atoms with Gasteiger partial charge in [0.2, 0.25) is 0 Å².